The predicted molar refractivity (Wildman–Crippen MR) is 115 cm³/mol. The molecule has 1 atom stereocenters. The highest BCUT2D eigenvalue weighted by Gasteiger charge is 2.32. The number of rotatable bonds is 5. The van der Waals surface area contributed by atoms with Crippen LogP contribution >= 0.6 is 24.0 Å². The third-order valence-electron chi connectivity index (χ3n) is 4.60. The quantitative estimate of drug-likeness (QED) is 0.282. The molecule has 0 amide bonds. The van der Waals surface area contributed by atoms with Gasteiger partial charge in [0.1, 0.15) is 6.10 Å². The average Bonchev–Trinajstić information content (AvgIpc) is 3.21. The van der Waals surface area contributed by atoms with Crippen molar-refractivity contribution in [3.63, 3.8) is 0 Å². The van der Waals surface area contributed by atoms with Crippen LogP contribution in [-0.2, 0) is 17.5 Å². The number of hydrogen-bond acceptors (Lipinski definition) is 3. The Morgan fingerprint density at radius 3 is 2.90 bits per heavy atom. The summed E-state index contributed by atoms with van der Waals surface area (Å²) in [4.78, 5) is 10.3. The molecule has 1 N–H and O–H groups in total. The zero-order valence-corrected chi connectivity index (χ0v) is 18.4. The molecule has 1 fully saturated rings. The van der Waals surface area contributed by atoms with Gasteiger partial charge in [0.15, 0.2) is 5.96 Å². The van der Waals surface area contributed by atoms with E-state index in [1.807, 2.05) is 15.7 Å². The SMILES string of the molecule is CN=C(NCCCn1ccnc1)N1CCOC(c2cccc(C(F)(F)F)c2)C1.I. The molecule has 1 saturated heterocycles. The molecule has 29 heavy (non-hydrogen) atoms. The first-order valence-electron chi connectivity index (χ1n) is 9.17. The summed E-state index contributed by atoms with van der Waals surface area (Å²) in [5.74, 6) is 0.728. The lowest BCUT2D eigenvalue weighted by molar-refractivity contribution is -0.137. The Labute approximate surface area is 185 Å². The van der Waals surface area contributed by atoms with E-state index in [2.05, 4.69) is 15.3 Å². The van der Waals surface area contributed by atoms with Crippen LogP contribution < -0.4 is 5.32 Å². The number of morpholine rings is 1. The van der Waals surface area contributed by atoms with Gasteiger partial charge in [-0.2, -0.15) is 13.2 Å². The van der Waals surface area contributed by atoms with Crippen LogP contribution in [0.25, 0.3) is 0 Å². The third kappa shape index (κ3) is 6.59. The van der Waals surface area contributed by atoms with Crippen molar-refractivity contribution < 1.29 is 17.9 Å². The maximum absolute atomic E-state index is 13.0. The fourth-order valence-corrected chi connectivity index (χ4v) is 3.17. The first-order valence-corrected chi connectivity index (χ1v) is 9.17. The van der Waals surface area contributed by atoms with Gasteiger partial charge in [-0.1, -0.05) is 12.1 Å². The summed E-state index contributed by atoms with van der Waals surface area (Å²) in [6.45, 7) is 3.09. The molecule has 1 aliphatic heterocycles. The zero-order valence-electron chi connectivity index (χ0n) is 16.1. The third-order valence-corrected chi connectivity index (χ3v) is 4.60. The van der Waals surface area contributed by atoms with Gasteiger partial charge in [0.2, 0.25) is 0 Å². The normalized spacial score (nSPS) is 17.7. The standard InChI is InChI=1S/C19H24F3N5O.HI/c1-23-18(25-6-3-8-26-9-7-24-14-26)27-10-11-28-17(13-27)15-4-2-5-16(12-15)19(20,21)22;/h2,4-5,7,9,12,14,17H,3,6,8,10-11,13H2,1H3,(H,23,25);1H. The molecule has 1 aromatic heterocycles. The van der Waals surface area contributed by atoms with Crippen molar-refractivity contribution in [1.29, 1.82) is 0 Å². The lowest BCUT2D eigenvalue weighted by atomic mass is 10.0. The largest absolute Gasteiger partial charge is 0.416 e. The number of alkyl halides is 3. The average molecular weight is 523 g/mol. The van der Waals surface area contributed by atoms with Gasteiger partial charge in [-0.3, -0.25) is 4.99 Å². The van der Waals surface area contributed by atoms with Crippen LogP contribution in [0.4, 0.5) is 13.2 Å². The highest BCUT2D eigenvalue weighted by molar-refractivity contribution is 14.0. The van der Waals surface area contributed by atoms with Crippen LogP contribution in [0.5, 0.6) is 0 Å². The number of guanidine groups is 1. The second kappa shape index (κ2) is 10.8. The summed E-state index contributed by atoms with van der Waals surface area (Å²) in [7, 11) is 1.70. The van der Waals surface area contributed by atoms with E-state index in [1.54, 1.807) is 25.6 Å². The van der Waals surface area contributed by atoms with Gasteiger partial charge in [-0.15, -0.1) is 24.0 Å². The van der Waals surface area contributed by atoms with E-state index in [0.29, 0.717) is 25.3 Å². The summed E-state index contributed by atoms with van der Waals surface area (Å²) in [6, 6.07) is 5.33. The summed E-state index contributed by atoms with van der Waals surface area (Å²) >= 11 is 0. The smallest absolute Gasteiger partial charge is 0.370 e. The first kappa shape index (κ1) is 23.5. The number of aliphatic imine (C=N–C) groups is 1. The fourth-order valence-electron chi connectivity index (χ4n) is 3.17. The number of benzene rings is 1. The van der Waals surface area contributed by atoms with Crippen molar-refractivity contribution in [3.05, 3.63) is 54.1 Å². The van der Waals surface area contributed by atoms with E-state index in [1.165, 1.54) is 6.07 Å². The molecular formula is C19H25F3IN5O. The van der Waals surface area contributed by atoms with E-state index in [9.17, 15) is 13.2 Å². The van der Waals surface area contributed by atoms with Gasteiger partial charge in [0.25, 0.3) is 0 Å². The van der Waals surface area contributed by atoms with Crippen LogP contribution in [0.1, 0.15) is 23.7 Å². The van der Waals surface area contributed by atoms with Gasteiger partial charge in [0, 0.05) is 39.1 Å². The molecule has 0 spiro atoms. The van der Waals surface area contributed by atoms with Crippen molar-refractivity contribution in [3.8, 4) is 0 Å². The number of halogens is 4. The lowest BCUT2D eigenvalue weighted by Gasteiger charge is -2.35. The minimum absolute atomic E-state index is 0. The second-order valence-corrected chi connectivity index (χ2v) is 6.56. The van der Waals surface area contributed by atoms with Crippen LogP contribution in [0.3, 0.4) is 0 Å². The summed E-state index contributed by atoms with van der Waals surface area (Å²) in [6.07, 6.45) is 1.54. The van der Waals surface area contributed by atoms with Crippen LogP contribution in [0.15, 0.2) is 48.0 Å². The minimum Gasteiger partial charge on any atom is -0.370 e. The number of ether oxygens (including phenoxy) is 1. The van der Waals surface area contributed by atoms with E-state index >= 15 is 0 Å². The fraction of sp³-hybridized carbons (Fsp3) is 0.474. The number of imidazole rings is 1. The van der Waals surface area contributed by atoms with Crippen molar-refractivity contribution in [2.75, 3.05) is 33.3 Å². The molecule has 1 unspecified atom stereocenters. The van der Waals surface area contributed by atoms with Gasteiger partial charge in [0.05, 0.1) is 25.0 Å². The molecule has 2 aromatic rings. The Balaban J connectivity index is 0.00000300. The monoisotopic (exact) mass is 523 g/mol. The Hall–Kier alpha value is -1.82. The van der Waals surface area contributed by atoms with Gasteiger partial charge in [-0.05, 0) is 24.1 Å². The zero-order chi connectivity index (χ0) is 20.0. The highest BCUT2D eigenvalue weighted by atomic mass is 127. The number of aryl methyl sites for hydroxylation is 1. The van der Waals surface area contributed by atoms with Crippen molar-refractivity contribution in [2.45, 2.75) is 25.2 Å². The molecule has 1 aliphatic rings. The number of hydrogen-bond donors (Lipinski definition) is 1. The second-order valence-electron chi connectivity index (χ2n) is 6.56. The van der Waals surface area contributed by atoms with Crippen LogP contribution in [0, 0.1) is 0 Å². The lowest BCUT2D eigenvalue weighted by Crippen LogP contribution is -2.48. The number of nitrogens with one attached hydrogen (secondary N) is 1. The minimum atomic E-state index is -4.36. The number of aromatic nitrogens is 2. The molecule has 0 saturated carbocycles. The molecule has 0 bridgehead atoms. The molecule has 0 aliphatic carbocycles. The molecule has 3 rings (SSSR count). The Kier molecular flexibility index (Phi) is 8.75. The van der Waals surface area contributed by atoms with Crippen LogP contribution in [0.2, 0.25) is 0 Å². The summed E-state index contributed by atoms with van der Waals surface area (Å²) < 4.78 is 46.7. The molecule has 6 nitrogen and oxygen atoms in total. The molecule has 1 aromatic carbocycles. The topological polar surface area (TPSA) is 54.7 Å². The summed E-state index contributed by atoms with van der Waals surface area (Å²) in [5, 5.41) is 3.32. The molecule has 2 heterocycles. The first-order chi connectivity index (χ1) is 13.5. The van der Waals surface area contributed by atoms with Gasteiger partial charge >= 0.3 is 6.18 Å². The Morgan fingerprint density at radius 2 is 2.21 bits per heavy atom. The molecule has 0 radical (unpaired) electrons. The highest BCUT2D eigenvalue weighted by Crippen LogP contribution is 2.32. The van der Waals surface area contributed by atoms with Gasteiger partial charge in [-0.25, -0.2) is 4.98 Å². The van der Waals surface area contributed by atoms with E-state index in [-0.39, 0.29) is 24.0 Å². The predicted octanol–water partition coefficient (Wildman–Crippen LogP) is 3.56. The maximum Gasteiger partial charge on any atom is 0.416 e. The maximum atomic E-state index is 13.0. The Morgan fingerprint density at radius 1 is 1.38 bits per heavy atom. The molecule has 10 heteroatoms. The van der Waals surface area contributed by atoms with Crippen molar-refractivity contribution in [2.24, 2.45) is 4.99 Å². The van der Waals surface area contributed by atoms with Crippen LogP contribution in [-0.4, -0.2) is 53.7 Å². The van der Waals surface area contributed by atoms with Crippen molar-refractivity contribution in [1.82, 2.24) is 19.8 Å². The molecule has 160 valence electrons. The van der Waals surface area contributed by atoms with Crippen molar-refractivity contribution >= 4 is 29.9 Å². The summed E-state index contributed by atoms with van der Waals surface area (Å²) in [5.41, 5.74) is -0.136. The molecular weight excluding hydrogens is 498 g/mol. The van der Waals surface area contributed by atoms with E-state index in [4.69, 9.17) is 4.74 Å². The van der Waals surface area contributed by atoms with E-state index in [0.717, 1.165) is 37.6 Å². The van der Waals surface area contributed by atoms with Gasteiger partial charge < -0.3 is 19.5 Å². The number of nitrogens with zero attached hydrogens (tertiary/aromatic N) is 4. The Bertz CT molecular complexity index is 782. The van der Waals surface area contributed by atoms with E-state index < -0.39 is 17.8 Å².